The molecule has 33 heavy (non-hydrogen) atoms. The number of primary amides is 1. The van der Waals surface area contributed by atoms with E-state index in [1.165, 1.54) is 0 Å². The first-order chi connectivity index (χ1) is 15.7. The maximum atomic E-state index is 13.6. The number of aromatic nitrogens is 1. The second-order valence-electron chi connectivity index (χ2n) is 8.17. The van der Waals surface area contributed by atoms with E-state index in [4.69, 9.17) is 5.73 Å². The van der Waals surface area contributed by atoms with Crippen molar-refractivity contribution >= 4 is 27.7 Å². The Kier molecular flexibility index (Phi) is 6.15. The third-order valence-corrected chi connectivity index (χ3v) is 5.89. The second kappa shape index (κ2) is 8.89. The first-order valence-electron chi connectivity index (χ1n) is 10.8. The van der Waals surface area contributed by atoms with Crippen LogP contribution in [-0.2, 0) is 19.1 Å². The van der Waals surface area contributed by atoms with Crippen LogP contribution in [0.2, 0.25) is 0 Å². The minimum atomic E-state index is -4.70. The van der Waals surface area contributed by atoms with Crippen LogP contribution >= 0.6 is 0 Å². The number of hydrogen-bond donors (Lipinski definition) is 1. The summed E-state index contributed by atoms with van der Waals surface area (Å²) in [6.07, 6.45) is -0.768. The predicted octanol–water partition coefficient (Wildman–Crippen LogP) is 6.63. The second-order valence-corrected chi connectivity index (χ2v) is 8.17. The third-order valence-electron chi connectivity index (χ3n) is 5.89. The Hall–Kier alpha value is -3.35. The van der Waals surface area contributed by atoms with Crippen molar-refractivity contribution in [2.24, 2.45) is 5.73 Å². The van der Waals surface area contributed by atoms with Crippen LogP contribution in [0.1, 0.15) is 53.2 Å². The fraction of sp³-hybridized carbons (Fsp3) is 0.269. The van der Waals surface area contributed by atoms with Crippen LogP contribution in [-0.4, -0.2) is 10.5 Å². The number of amides is 1. The molecule has 0 spiro atoms. The van der Waals surface area contributed by atoms with Gasteiger partial charge in [0.15, 0.2) is 0 Å². The molecule has 0 saturated heterocycles. The number of alkyl halides is 3. The quantitative estimate of drug-likeness (QED) is 0.247. The zero-order valence-electron chi connectivity index (χ0n) is 18.1. The van der Waals surface area contributed by atoms with Crippen molar-refractivity contribution in [2.75, 3.05) is 0 Å². The summed E-state index contributed by atoms with van der Waals surface area (Å²) in [5.41, 5.74) is 7.02. The van der Waals surface area contributed by atoms with E-state index in [1.807, 2.05) is 12.1 Å². The number of fused-ring (bicyclic) bond motifs is 3. The molecule has 0 atom stereocenters. The van der Waals surface area contributed by atoms with Crippen molar-refractivity contribution in [3.8, 4) is 0 Å². The lowest BCUT2D eigenvalue weighted by Crippen LogP contribution is -2.13. The lowest BCUT2D eigenvalue weighted by molar-refractivity contribution is -0.138. The molecule has 0 unspecified atom stereocenters. The summed E-state index contributed by atoms with van der Waals surface area (Å²) in [5.74, 6) is -1.58. The number of carbonyl (C=O) groups excluding carboxylic acids is 1. The van der Waals surface area contributed by atoms with Gasteiger partial charge in [-0.1, -0.05) is 38.0 Å². The predicted molar refractivity (Wildman–Crippen MR) is 121 cm³/mol. The number of aryl methyl sites for hydroxylation is 1. The van der Waals surface area contributed by atoms with Gasteiger partial charge in [-0.2, -0.15) is 13.2 Å². The Bertz CT molecular complexity index is 1340. The molecule has 4 rings (SSSR count). The number of carbonyl (C=O) groups is 1. The SMILES string of the molecule is CCCCCc1c[c]c2c3c(C(N)=O)cccc3n(Cc3ccc(F)cc3C(F)(F)F)c2c1. The molecular formula is C26H23F4N2O. The lowest BCUT2D eigenvalue weighted by Gasteiger charge is -2.15. The van der Waals surface area contributed by atoms with Crippen LogP contribution < -0.4 is 5.73 Å². The van der Waals surface area contributed by atoms with Crippen molar-refractivity contribution in [3.63, 3.8) is 0 Å². The van der Waals surface area contributed by atoms with Crippen LogP contribution in [0, 0.1) is 11.9 Å². The monoisotopic (exact) mass is 455 g/mol. The molecule has 2 N–H and O–H groups in total. The lowest BCUT2D eigenvalue weighted by atomic mass is 10.0. The topological polar surface area (TPSA) is 48.0 Å². The van der Waals surface area contributed by atoms with Crippen LogP contribution in [0.15, 0.2) is 48.5 Å². The summed E-state index contributed by atoms with van der Waals surface area (Å²) in [7, 11) is 0. The molecule has 0 aliphatic rings. The highest BCUT2D eigenvalue weighted by atomic mass is 19.4. The molecule has 0 bridgehead atoms. The number of benzene rings is 3. The molecule has 1 aromatic heterocycles. The van der Waals surface area contributed by atoms with Gasteiger partial charge in [0, 0.05) is 22.9 Å². The third kappa shape index (κ3) is 4.45. The molecule has 1 radical (unpaired) electrons. The van der Waals surface area contributed by atoms with Crippen molar-refractivity contribution in [2.45, 2.75) is 45.3 Å². The van der Waals surface area contributed by atoms with Gasteiger partial charge in [0.2, 0.25) is 5.91 Å². The van der Waals surface area contributed by atoms with Gasteiger partial charge >= 0.3 is 6.18 Å². The van der Waals surface area contributed by atoms with Crippen molar-refractivity contribution in [1.82, 2.24) is 4.57 Å². The highest BCUT2D eigenvalue weighted by Gasteiger charge is 2.34. The number of nitrogens with zero attached hydrogens (tertiary/aromatic N) is 1. The van der Waals surface area contributed by atoms with E-state index >= 15 is 0 Å². The van der Waals surface area contributed by atoms with E-state index in [2.05, 4.69) is 13.0 Å². The van der Waals surface area contributed by atoms with Gasteiger partial charge in [-0.3, -0.25) is 4.79 Å². The van der Waals surface area contributed by atoms with Gasteiger partial charge in [-0.05, 0) is 60.4 Å². The molecule has 3 nitrogen and oxygen atoms in total. The standard InChI is InChI=1S/C26H23F4N2O/c1-2-3-4-6-16-9-12-19-23(13-16)32(22-8-5-7-20(24(19)22)25(31)33)15-17-10-11-18(27)14-21(17)26(28,29)30/h5,7-11,13-14H,2-4,6,15H2,1H3,(H2,31,33). The summed E-state index contributed by atoms with van der Waals surface area (Å²) >= 11 is 0. The van der Waals surface area contributed by atoms with Gasteiger partial charge in [0.05, 0.1) is 16.6 Å². The van der Waals surface area contributed by atoms with Gasteiger partial charge in [-0.25, -0.2) is 4.39 Å². The number of unbranched alkanes of at least 4 members (excludes halogenated alkanes) is 2. The van der Waals surface area contributed by atoms with E-state index in [1.54, 1.807) is 22.8 Å². The molecule has 1 heterocycles. The van der Waals surface area contributed by atoms with E-state index in [0.717, 1.165) is 43.4 Å². The molecule has 0 aliphatic heterocycles. The Balaban J connectivity index is 1.95. The summed E-state index contributed by atoms with van der Waals surface area (Å²) in [6.45, 7) is 1.96. The fourth-order valence-electron chi connectivity index (χ4n) is 4.32. The van der Waals surface area contributed by atoms with E-state index in [0.29, 0.717) is 27.9 Å². The summed E-state index contributed by atoms with van der Waals surface area (Å²) in [5, 5.41) is 1.17. The number of nitrogens with two attached hydrogens (primary N) is 1. The smallest absolute Gasteiger partial charge is 0.366 e. The van der Waals surface area contributed by atoms with Crippen LogP contribution in [0.25, 0.3) is 21.8 Å². The molecule has 4 aromatic rings. The van der Waals surface area contributed by atoms with E-state index in [-0.39, 0.29) is 17.7 Å². The van der Waals surface area contributed by atoms with Crippen LogP contribution in [0.5, 0.6) is 0 Å². The zero-order valence-corrected chi connectivity index (χ0v) is 18.1. The summed E-state index contributed by atoms with van der Waals surface area (Å²) in [6, 6.07) is 14.7. The minimum Gasteiger partial charge on any atom is -0.366 e. The highest BCUT2D eigenvalue weighted by Crippen LogP contribution is 2.36. The van der Waals surface area contributed by atoms with Crippen molar-refractivity contribution in [3.05, 3.63) is 82.7 Å². The normalized spacial score (nSPS) is 12.0. The Morgan fingerprint density at radius 2 is 1.88 bits per heavy atom. The van der Waals surface area contributed by atoms with Crippen molar-refractivity contribution in [1.29, 1.82) is 0 Å². The number of halogens is 4. The first-order valence-corrected chi connectivity index (χ1v) is 10.8. The Morgan fingerprint density at radius 1 is 1.09 bits per heavy atom. The largest absolute Gasteiger partial charge is 0.416 e. The van der Waals surface area contributed by atoms with Crippen molar-refractivity contribution < 1.29 is 22.4 Å². The van der Waals surface area contributed by atoms with Gasteiger partial charge in [-0.15, -0.1) is 0 Å². The average Bonchev–Trinajstić information content (AvgIpc) is 3.07. The Morgan fingerprint density at radius 3 is 2.58 bits per heavy atom. The van der Waals surface area contributed by atoms with E-state index in [9.17, 15) is 22.4 Å². The molecule has 3 aromatic carbocycles. The van der Waals surface area contributed by atoms with E-state index < -0.39 is 23.5 Å². The highest BCUT2D eigenvalue weighted by molar-refractivity contribution is 6.17. The summed E-state index contributed by atoms with van der Waals surface area (Å²) in [4.78, 5) is 12.1. The molecule has 0 fully saturated rings. The van der Waals surface area contributed by atoms with Crippen LogP contribution in [0.4, 0.5) is 17.6 Å². The summed E-state index contributed by atoms with van der Waals surface area (Å²) < 4.78 is 56.3. The molecular weight excluding hydrogens is 432 g/mol. The fourth-order valence-corrected chi connectivity index (χ4v) is 4.32. The Labute approximate surface area is 188 Å². The maximum Gasteiger partial charge on any atom is 0.416 e. The van der Waals surface area contributed by atoms with Gasteiger partial charge in [0.25, 0.3) is 0 Å². The molecule has 7 heteroatoms. The molecule has 171 valence electrons. The minimum absolute atomic E-state index is 0.0661. The average molecular weight is 455 g/mol. The molecule has 0 aliphatic carbocycles. The number of rotatable bonds is 7. The maximum absolute atomic E-state index is 13.6. The van der Waals surface area contributed by atoms with Crippen LogP contribution in [0.3, 0.4) is 0 Å². The number of hydrogen-bond acceptors (Lipinski definition) is 1. The molecule has 0 saturated carbocycles. The molecule has 1 amide bonds. The first kappa shape index (κ1) is 22.8. The zero-order chi connectivity index (χ0) is 23.8. The van der Waals surface area contributed by atoms with Gasteiger partial charge < -0.3 is 10.3 Å². The van der Waals surface area contributed by atoms with Gasteiger partial charge in [0.1, 0.15) is 5.82 Å².